The van der Waals surface area contributed by atoms with Gasteiger partial charge in [-0.05, 0) is 31.2 Å². The quantitative estimate of drug-likeness (QED) is 0.824. The van der Waals surface area contributed by atoms with E-state index in [4.69, 9.17) is 0 Å². The van der Waals surface area contributed by atoms with Crippen molar-refractivity contribution in [2.45, 2.75) is 36.1 Å². The van der Waals surface area contributed by atoms with E-state index in [1.807, 2.05) is 11.8 Å². The molecule has 1 spiro atoms. The van der Waals surface area contributed by atoms with E-state index < -0.39 is 0 Å². The lowest BCUT2D eigenvalue weighted by Crippen LogP contribution is -2.59. The van der Waals surface area contributed by atoms with Gasteiger partial charge in [-0.1, -0.05) is 25.0 Å². The Morgan fingerprint density at radius 1 is 1.22 bits per heavy atom. The van der Waals surface area contributed by atoms with Gasteiger partial charge in [0.25, 0.3) is 0 Å². The van der Waals surface area contributed by atoms with E-state index in [2.05, 4.69) is 40.7 Å². The normalized spacial score (nSPS) is 22.6. The summed E-state index contributed by atoms with van der Waals surface area (Å²) in [6, 6.07) is 8.82. The van der Waals surface area contributed by atoms with Gasteiger partial charge in [0.15, 0.2) is 0 Å². The predicted molar refractivity (Wildman–Crippen MR) is 79.6 cm³/mol. The number of anilines is 1. The number of rotatable bonds is 2. The smallest absolute Gasteiger partial charge is 0.0505 e. The molecule has 2 fully saturated rings. The molecule has 2 aliphatic rings. The maximum absolute atomic E-state index is 3.78. The van der Waals surface area contributed by atoms with Crippen molar-refractivity contribution in [2.75, 3.05) is 30.8 Å². The van der Waals surface area contributed by atoms with Crippen LogP contribution in [0.3, 0.4) is 0 Å². The average molecular weight is 262 g/mol. The summed E-state index contributed by atoms with van der Waals surface area (Å²) >= 11 is 1.86. The lowest BCUT2D eigenvalue weighted by atomic mass is 9.94. The first-order valence-electron chi connectivity index (χ1n) is 6.96. The highest BCUT2D eigenvalue weighted by atomic mass is 32.2. The van der Waals surface area contributed by atoms with Crippen molar-refractivity contribution in [2.24, 2.45) is 0 Å². The van der Waals surface area contributed by atoms with Crippen LogP contribution in [0, 0.1) is 0 Å². The van der Waals surface area contributed by atoms with Gasteiger partial charge in [0.2, 0.25) is 0 Å². The number of thioether (sulfide) groups is 1. The first-order chi connectivity index (χ1) is 8.83. The molecule has 0 radical (unpaired) electrons. The van der Waals surface area contributed by atoms with Crippen molar-refractivity contribution in [3.8, 4) is 0 Å². The van der Waals surface area contributed by atoms with Gasteiger partial charge in [-0.3, -0.25) is 0 Å². The molecule has 3 rings (SSSR count). The van der Waals surface area contributed by atoms with Crippen LogP contribution in [-0.4, -0.2) is 31.4 Å². The van der Waals surface area contributed by atoms with Gasteiger partial charge in [-0.2, -0.15) is 0 Å². The van der Waals surface area contributed by atoms with E-state index >= 15 is 0 Å². The minimum atomic E-state index is 0.407. The summed E-state index contributed by atoms with van der Waals surface area (Å²) < 4.78 is 0. The third-order valence-electron chi connectivity index (χ3n) is 4.36. The highest BCUT2D eigenvalue weighted by Crippen LogP contribution is 2.36. The number of piperazine rings is 1. The number of nitrogens with zero attached hydrogens (tertiary/aromatic N) is 1. The van der Waals surface area contributed by atoms with Crippen molar-refractivity contribution in [1.82, 2.24) is 5.32 Å². The van der Waals surface area contributed by atoms with Crippen LogP contribution in [-0.2, 0) is 0 Å². The minimum Gasteiger partial charge on any atom is -0.368 e. The van der Waals surface area contributed by atoms with Crippen molar-refractivity contribution in [1.29, 1.82) is 0 Å². The van der Waals surface area contributed by atoms with Crippen LogP contribution in [0.5, 0.6) is 0 Å². The van der Waals surface area contributed by atoms with Crippen molar-refractivity contribution in [3.63, 3.8) is 0 Å². The molecular formula is C15H22N2S. The van der Waals surface area contributed by atoms with Gasteiger partial charge >= 0.3 is 0 Å². The standard InChI is InChI=1S/C15H22N2S/c1-18-14-7-3-2-6-13(14)17-11-10-16-15(12-17)8-4-5-9-15/h2-3,6-7,16H,4-5,8-12H2,1H3. The van der Waals surface area contributed by atoms with Crippen LogP contribution in [0.4, 0.5) is 5.69 Å². The molecule has 0 amide bonds. The van der Waals surface area contributed by atoms with Gasteiger partial charge < -0.3 is 10.2 Å². The minimum absolute atomic E-state index is 0.407. The van der Waals surface area contributed by atoms with E-state index in [-0.39, 0.29) is 0 Å². The maximum atomic E-state index is 3.78. The second-order valence-electron chi connectivity index (χ2n) is 5.51. The Kier molecular flexibility index (Phi) is 3.53. The molecule has 1 heterocycles. The zero-order valence-electron chi connectivity index (χ0n) is 11.1. The van der Waals surface area contributed by atoms with Crippen LogP contribution in [0.2, 0.25) is 0 Å². The second-order valence-corrected chi connectivity index (χ2v) is 6.36. The van der Waals surface area contributed by atoms with E-state index in [1.165, 1.54) is 42.8 Å². The molecule has 18 heavy (non-hydrogen) atoms. The van der Waals surface area contributed by atoms with Gasteiger partial charge in [0, 0.05) is 30.1 Å². The molecule has 1 aromatic carbocycles. The fourth-order valence-electron chi connectivity index (χ4n) is 3.44. The highest BCUT2D eigenvalue weighted by Gasteiger charge is 2.37. The Bertz CT molecular complexity index is 413. The lowest BCUT2D eigenvalue weighted by molar-refractivity contribution is 0.303. The third-order valence-corrected chi connectivity index (χ3v) is 5.15. The Morgan fingerprint density at radius 3 is 2.78 bits per heavy atom. The van der Waals surface area contributed by atoms with Gasteiger partial charge in [0.1, 0.15) is 0 Å². The predicted octanol–water partition coefficient (Wildman–Crippen LogP) is 3.13. The topological polar surface area (TPSA) is 15.3 Å². The molecule has 1 saturated heterocycles. The Labute approximate surface area is 114 Å². The number of benzene rings is 1. The van der Waals surface area contributed by atoms with Crippen LogP contribution in [0.1, 0.15) is 25.7 Å². The van der Waals surface area contributed by atoms with Crippen LogP contribution in [0.25, 0.3) is 0 Å². The van der Waals surface area contributed by atoms with Crippen molar-refractivity contribution < 1.29 is 0 Å². The maximum Gasteiger partial charge on any atom is 0.0505 e. The van der Waals surface area contributed by atoms with E-state index in [1.54, 1.807) is 0 Å². The molecule has 1 N–H and O–H groups in total. The molecule has 2 nitrogen and oxygen atoms in total. The van der Waals surface area contributed by atoms with E-state index in [0.717, 1.165) is 13.1 Å². The van der Waals surface area contributed by atoms with Gasteiger partial charge in [-0.25, -0.2) is 0 Å². The van der Waals surface area contributed by atoms with Crippen molar-refractivity contribution in [3.05, 3.63) is 24.3 Å². The molecular weight excluding hydrogens is 240 g/mol. The lowest BCUT2D eigenvalue weighted by Gasteiger charge is -2.43. The monoisotopic (exact) mass is 262 g/mol. The van der Waals surface area contributed by atoms with E-state index in [0.29, 0.717) is 5.54 Å². The number of hydrogen-bond donors (Lipinski definition) is 1. The molecule has 3 heteroatoms. The van der Waals surface area contributed by atoms with E-state index in [9.17, 15) is 0 Å². The van der Waals surface area contributed by atoms with Gasteiger partial charge in [-0.15, -0.1) is 11.8 Å². The molecule has 1 aliphatic heterocycles. The Morgan fingerprint density at radius 2 is 2.00 bits per heavy atom. The molecule has 0 atom stereocenters. The SMILES string of the molecule is CSc1ccccc1N1CCNC2(CCCC2)C1. The first kappa shape index (κ1) is 12.4. The highest BCUT2D eigenvalue weighted by molar-refractivity contribution is 7.98. The largest absolute Gasteiger partial charge is 0.368 e. The first-order valence-corrected chi connectivity index (χ1v) is 8.18. The molecule has 1 saturated carbocycles. The second kappa shape index (κ2) is 5.14. The summed E-state index contributed by atoms with van der Waals surface area (Å²) in [7, 11) is 0. The van der Waals surface area contributed by atoms with Gasteiger partial charge in [0.05, 0.1) is 5.69 Å². The average Bonchev–Trinajstić information content (AvgIpc) is 2.86. The number of hydrogen-bond acceptors (Lipinski definition) is 3. The van der Waals surface area contributed by atoms with Crippen LogP contribution < -0.4 is 10.2 Å². The molecule has 1 aromatic rings. The summed E-state index contributed by atoms with van der Waals surface area (Å²) in [4.78, 5) is 4.00. The fraction of sp³-hybridized carbons (Fsp3) is 0.600. The summed E-state index contributed by atoms with van der Waals surface area (Å²) in [6.07, 6.45) is 7.66. The van der Waals surface area contributed by atoms with Crippen LogP contribution in [0.15, 0.2) is 29.2 Å². The van der Waals surface area contributed by atoms with Crippen molar-refractivity contribution >= 4 is 17.4 Å². The molecule has 0 bridgehead atoms. The Balaban J connectivity index is 1.83. The molecule has 0 aromatic heterocycles. The third kappa shape index (κ3) is 2.26. The zero-order chi connectivity index (χ0) is 12.4. The molecule has 0 unspecified atom stereocenters. The molecule has 1 aliphatic carbocycles. The molecule has 98 valence electrons. The summed E-state index contributed by atoms with van der Waals surface area (Å²) in [5.74, 6) is 0. The zero-order valence-corrected chi connectivity index (χ0v) is 11.9. The summed E-state index contributed by atoms with van der Waals surface area (Å²) in [5, 5.41) is 3.78. The number of nitrogens with one attached hydrogen (secondary N) is 1. The summed E-state index contributed by atoms with van der Waals surface area (Å²) in [6.45, 7) is 3.45. The fourth-order valence-corrected chi connectivity index (χ4v) is 4.06. The summed E-state index contributed by atoms with van der Waals surface area (Å²) in [5.41, 5.74) is 1.84. The number of para-hydroxylation sites is 1. The van der Waals surface area contributed by atoms with Crippen LogP contribution >= 0.6 is 11.8 Å². The Hall–Kier alpha value is -0.670.